The zero-order valence-corrected chi connectivity index (χ0v) is 13.1. The topological polar surface area (TPSA) is 50.7 Å². The lowest BCUT2D eigenvalue weighted by molar-refractivity contribution is -0.125. The number of amides is 1. The molecule has 23 heavy (non-hydrogen) atoms. The maximum absolute atomic E-state index is 12.7. The van der Waals surface area contributed by atoms with Gasteiger partial charge in [0.15, 0.2) is 6.61 Å². The summed E-state index contributed by atoms with van der Waals surface area (Å²) in [5, 5.41) is 7.06. The molecule has 0 bridgehead atoms. The van der Waals surface area contributed by atoms with Crippen molar-refractivity contribution in [3.8, 4) is 0 Å². The Morgan fingerprint density at radius 3 is 2.57 bits per heavy atom. The highest BCUT2D eigenvalue weighted by molar-refractivity contribution is 6.30. The predicted molar refractivity (Wildman–Crippen MR) is 88.1 cm³/mol. The van der Waals surface area contributed by atoms with Gasteiger partial charge < -0.3 is 10.2 Å². The third-order valence-corrected chi connectivity index (χ3v) is 3.24. The third kappa shape index (κ3) is 6.48. The Morgan fingerprint density at radius 1 is 1.17 bits per heavy atom. The fraction of sp³-hybridized carbons (Fsp3) is 0.176. The second-order valence-electron chi connectivity index (χ2n) is 4.79. The molecule has 0 spiro atoms. The second kappa shape index (κ2) is 8.90. The largest absolute Gasteiger partial charge is 0.386 e. The number of nitrogens with zero attached hydrogens (tertiary/aromatic N) is 1. The number of halogens is 2. The van der Waals surface area contributed by atoms with Gasteiger partial charge in [0.05, 0.1) is 6.21 Å². The van der Waals surface area contributed by atoms with Crippen LogP contribution in [0.4, 0.5) is 4.39 Å². The Hall–Kier alpha value is -2.40. The average molecular weight is 335 g/mol. The van der Waals surface area contributed by atoms with Crippen molar-refractivity contribution in [2.45, 2.75) is 6.42 Å². The van der Waals surface area contributed by atoms with E-state index < -0.39 is 0 Å². The van der Waals surface area contributed by atoms with Crippen molar-refractivity contribution >= 4 is 23.7 Å². The lowest BCUT2D eigenvalue weighted by Gasteiger charge is -2.04. The first-order chi connectivity index (χ1) is 11.1. The van der Waals surface area contributed by atoms with Crippen LogP contribution in [0.15, 0.2) is 53.7 Å². The summed E-state index contributed by atoms with van der Waals surface area (Å²) < 4.78 is 12.7. The van der Waals surface area contributed by atoms with Crippen LogP contribution in [0.1, 0.15) is 11.1 Å². The molecule has 1 amide bonds. The molecule has 4 nitrogen and oxygen atoms in total. The standard InChI is InChI=1S/C17H16ClFN2O2/c18-15-5-1-14(2-6-15)11-21-23-12-17(22)20-10-9-13-3-7-16(19)8-4-13/h1-8,11H,9-10,12H2,(H,20,22)/b21-11-. The molecule has 0 saturated carbocycles. The first-order valence-electron chi connectivity index (χ1n) is 7.05. The molecule has 6 heteroatoms. The number of nitrogens with one attached hydrogen (secondary N) is 1. The highest BCUT2D eigenvalue weighted by Gasteiger charge is 2.01. The fourth-order valence-corrected chi connectivity index (χ4v) is 1.92. The maximum atomic E-state index is 12.7. The monoisotopic (exact) mass is 334 g/mol. The Morgan fingerprint density at radius 2 is 1.87 bits per heavy atom. The van der Waals surface area contributed by atoms with E-state index in [4.69, 9.17) is 16.4 Å². The van der Waals surface area contributed by atoms with Gasteiger partial charge in [-0.15, -0.1) is 0 Å². The smallest absolute Gasteiger partial charge is 0.260 e. The molecule has 0 aliphatic heterocycles. The molecule has 0 aliphatic carbocycles. The number of hydrogen-bond donors (Lipinski definition) is 1. The molecule has 0 radical (unpaired) electrons. The number of benzene rings is 2. The summed E-state index contributed by atoms with van der Waals surface area (Å²) in [5.74, 6) is -0.537. The number of carbonyl (C=O) groups excluding carboxylic acids is 1. The molecule has 2 rings (SSSR count). The molecule has 2 aromatic rings. The van der Waals surface area contributed by atoms with Crippen LogP contribution in [-0.2, 0) is 16.1 Å². The molecular formula is C17H16ClFN2O2. The molecule has 0 atom stereocenters. The van der Waals surface area contributed by atoms with Crippen molar-refractivity contribution in [2.75, 3.05) is 13.2 Å². The van der Waals surface area contributed by atoms with Crippen LogP contribution in [0.5, 0.6) is 0 Å². The molecular weight excluding hydrogens is 319 g/mol. The highest BCUT2D eigenvalue weighted by atomic mass is 35.5. The quantitative estimate of drug-likeness (QED) is 0.624. The van der Waals surface area contributed by atoms with Gasteiger partial charge in [0.2, 0.25) is 0 Å². The summed E-state index contributed by atoms with van der Waals surface area (Å²) in [5.41, 5.74) is 1.78. The van der Waals surface area contributed by atoms with Crippen LogP contribution in [0.2, 0.25) is 5.02 Å². The lowest BCUT2D eigenvalue weighted by atomic mass is 10.1. The van der Waals surface area contributed by atoms with Crippen LogP contribution < -0.4 is 5.32 Å². The average Bonchev–Trinajstić information content (AvgIpc) is 2.55. The van der Waals surface area contributed by atoms with Crippen LogP contribution in [0.3, 0.4) is 0 Å². The third-order valence-electron chi connectivity index (χ3n) is 2.99. The summed E-state index contributed by atoms with van der Waals surface area (Å²) in [7, 11) is 0. The summed E-state index contributed by atoms with van der Waals surface area (Å²) in [6, 6.07) is 13.2. The van der Waals surface area contributed by atoms with Crippen LogP contribution in [-0.4, -0.2) is 25.3 Å². The van der Waals surface area contributed by atoms with E-state index in [9.17, 15) is 9.18 Å². The zero-order valence-electron chi connectivity index (χ0n) is 12.3. The number of oxime groups is 1. The zero-order chi connectivity index (χ0) is 16.5. The molecule has 0 heterocycles. The van der Waals surface area contributed by atoms with E-state index in [2.05, 4.69) is 10.5 Å². The van der Waals surface area contributed by atoms with Gasteiger partial charge in [0.1, 0.15) is 5.82 Å². The van der Waals surface area contributed by atoms with Crippen molar-refractivity contribution in [3.63, 3.8) is 0 Å². The van der Waals surface area contributed by atoms with Gasteiger partial charge >= 0.3 is 0 Å². The van der Waals surface area contributed by atoms with Gasteiger partial charge in [-0.3, -0.25) is 4.79 Å². The minimum absolute atomic E-state index is 0.159. The molecule has 2 aromatic carbocycles. The van der Waals surface area contributed by atoms with E-state index in [0.29, 0.717) is 18.0 Å². The van der Waals surface area contributed by atoms with E-state index in [0.717, 1.165) is 11.1 Å². The van der Waals surface area contributed by atoms with Gasteiger partial charge in [-0.2, -0.15) is 0 Å². The fourth-order valence-electron chi connectivity index (χ4n) is 1.79. The van der Waals surface area contributed by atoms with E-state index in [1.807, 2.05) is 0 Å². The Bertz CT molecular complexity index is 657. The van der Waals surface area contributed by atoms with Gasteiger partial charge in [-0.05, 0) is 41.8 Å². The Labute approximate surface area is 138 Å². The van der Waals surface area contributed by atoms with Gasteiger partial charge in [0, 0.05) is 11.6 Å². The van der Waals surface area contributed by atoms with E-state index in [-0.39, 0.29) is 18.3 Å². The van der Waals surface area contributed by atoms with E-state index >= 15 is 0 Å². The highest BCUT2D eigenvalue weighted by Crippen LogP contribution is 2.07. The number of rotatable bonds is 7. The van der Waals surface area contributed by atoms with Crippen LogP contribution in [0.25, 0.3) is 0 Å². The van der Waals surface area contributed by atoms with Crippen LogP contribution in [0, 0.1) is 5.82 Å². The molecule has 120 valence electrons. The van der Waals surface area contributed by atoms with Crippen molar-refractivity contribution in [2.24, 2.45) is 5.16 Å². The summed E-state index contributed by atoms with van der Waals surface area (Å²) in [4.78, 5) is 16.5. The second-order valence-corrected chi connectivity index (χ2v) is 5.22. The predicted octanol–water partition coefficient (Wildman–Crippen LogP) is 3.19. The SMILES string of the molecule is O=C(CO/N=C\c1ccc(Cl)cc1)NCCc1ccc(F)cc1. The van der Waals surface area contributed by atoms with Crippen molar-refractivity contribution in [1.29, 1.82) is 0 Å². The molecule has 0 saturated heterocycles. The molecule has 1 N–H and O–H groups in total. The van der Waals surface area contributed by atoms with E-state index in [1.54, 1.807) is 36.4 Å². The normalized spacial score (nSPS) is 10.7. The molecule has 0 aromatic heterocycles. The summed E-state index contributed by atoms with van der Waals surface area (Å²) >= 11 is 5.77. The maximum Gasteiger partial charge on any atom is 0.260 e. The van der Waals surface area contributed by atoms with Crippen molar-refractivity contribution in [3.05, 3.63) is 70.5 Å². The minimum atomic E-state index is -0.273. The summed E-state index contributed by atoms with van der Waals surface area (Å²) in [6.07, 6.45) is 2.13. The van der Waals surface area contributed by atoms with Gasteiger partial charge in [-0.25, -0.2) is 4.39 Å². The molecule has 0 unspecified atom stereocenters. The first-order valence-corrected chi connectivity index (χ1v) is 7.43. The Balaban J connectivity index is 1.63. The van der Waals surface area contributed by atoms with Crippen molar-refractivity contribution < 1.29 is 14.0 Å². The lowest BCUT2D eigenvalue weighted by Crippen LogP contribution is -2.28. The minimum Gasteiger partial charge on any atom is -0.386 e. The Kier molecular flexibility index (Phi) is 6.56. The molecule has 0 fully saturated rings. The summed E-state index contributed by atoms with van der Waals surface area (Å²) in [6.45, 7) is 0.294. The molecule has 0 aliphatic rings. The number of carbonyl (C=O) groups is 1. The van der Waals surface area contributed by atoms with Crippen molar-refractivity contribution in [1.82, 2.24) is 5.32 Å². The first kappa shape index (κ1) is 17.0. The van der Waals surface area contributed by atoms with Gasteiger partial charge in [-0.1, -0.05) is 41.0 Å². The number of hydrogen-bond acceptors (Lipinski definition) is 3. The van der Waals surface area contributed by atoms with Gasteiger partial charge in [0.25, 0.3) is 5.91 Å². The van der Waals surface area contributed by atoms with E-state index in [1.165, 1.54) is 18.3 Å². The van der Waals surface area contributed by atoms with Crippen LogP contribution >= 0.6 is 11.6 Å².